The first kappa shape index (κ1) is 15.1. The summed E-state index contributed by atoms with van der Waals surface area (Å²) in [5.74, 6) is -1.37. The zero-order chi connectivity index (χ0) is 15.6. The number of amides is 3. The van der Waals surface area contributed by atoms with E-state index in [1.54, 1.807) is 6.92 Å². The lowest BCUT2D eigenvalue weighted by molar-refractivity contribution is -0.126. The smallest absolute Gasteiger partial charge is 0.335 e. The highest BCUT2D eigenvalue weighted by atomic mass is 35.5. The molecule has 0 aliphatic carbocycles. The van der Waals surface area contributed by atoms with Crippen molar-refractivity contribution in [2.24, 2.45) is 0 Å². The van der Waals surface area contributed by atoms with Gasteiger partial charge in [-0.2, -0.15) is 0 Å². The summed E-state index contributed by atoms with van der Waals surface area (Å²) in [6.45, 7) is 2.38. The largest absolute Gasteiger partial charge is 0.478 e. The lowest BCUT2D eigenvalue weighted by Crippen LogP contribution is -2.56. The molecule has 1 unspecified atom stereocenters. The van der Waals surface area contributed by atoms with Crippen molar-refractivity contribution in [3.05, 3.63) is 28.8 Å². The van der Waals surface area contributed by atoms with Gasteiger partial charge < -0.3 is 20.6 Å². The normalized spacial score (nSPS) is 18.1. The molecule has 0 radical (unpaired) electrons. The minimum absolute atomic E-state index is 0.0257. The molecule has 0 aromatic heterocycles. The van der Waals surface area contributed by atoms with E-state index in [2.05, 4.69) is 10.6 Å². The van der Waals surface area contributed by atoms with Crippen molar-refractivity contribution in [1.29, 1.82) is 0 Å². The molecular weight excluding hydrogens is 298 g/mol. The van der Waals surface area contributed by atoms with Crippen molar-refractivity contribution in [2.45, 2.75) is 13.0 Å². The van der Waals surface area contributed by atoms with Crippen molar-refractivity contribution in [3.8, 4) is 0 Å². The number of piperazine rings is 1. The van der Waals surface area contributed by atoms with Gasteiger partial charge in [0.25, 0.3) is 0 Å². The number of anilines is 1. The van der Waals surface area contributed by atoms with E-state index in [1.165, 1.54) is 23.1 Å². The third kappa shape index (κ3) is 3.43. The van der Waals surface area contributed by atoms with Crippen molar-refractivity contribution in [1.82, 2.24) is 10.2 Å². The number of halogens is 1. The number of rotatable bonds is 2. The molecule has 3 amide bonds. The molecule has 21 heavy (non-hydrogen) atoms. The van der Waals surface area contributed by atoms with Crippen LogP contribution in [0.15, 0.2) is 18.2 Å². The first-order valence-electron chi connectivity index (χ1n) is 6.27. The molecule has 1 aliphatic heterocycles. The van der Waals surface area contributed by atoms with E-state index in [-0.39, 0.29) is 22.2 Å². The Labute approximate surface area is 125 Å². The Hall–Kier alpha value is -2.28. The molecule has 1 fully saturated rings. The van der Waals surface area contributed by atoms with Crippen LogP contribution in [0.1, 0.15) is 17.3 Å². The van der Waals surface area contributed by atoms with Gasteiger partial charge in [-0.3, -0.25) is 4.79 Å². The fourth-order valence-corrected chi connectivity index (χ4v) is 2.28. The van der Waals surface area contributed by atoms with Gasteiger partial charge in [-0.05, 0) is 25.1 Å². The van der Waals surface area contributed by atoms with Gasteiger partial charge in [0, 0.05) is 23.8 Å². The second-order valence-electron chi connectivity index (χ2n) is 4.62. The Bertz CT molecular complexity index is 605. The van der Waals surface area contributed by atoms with Gasteiger partial charge in [0.1, 0.15) is 6.04 Å². The van der Waals surface area contributed by atoms with E-state index >= 15 is 0 Å². The van der Waals surface area contributed by atoms with E-state index in [0.29, 0.717) is 13.1 Å². The predicted octanol–water partition coefficient (Wildman–Crippen LogP) is 1.39. The third-order valence-corrected chi connectivity index (χ3v) is 3.37. The number of nitrogens with zero attached hydrogens (tertiary/aromatic N) is 1. The number of urea groups is 1. The van der Waals surface area contributed by atoms with Crippen molar-refractivity contribution >= 4 is 35.2 Å². The predicted molar refractivity (Wildman–Crippen MR) is 76.6 cm³/mol. The second-order valence-corrected chi connectivity index (χ2v) is 5.06. The summed E-state index contributed by atoms with van der Waals surface area (Å²) in [6.07, 6.45) is 0. The highest BCUT2D eigenvalue weighted by Crippen LogP contribution is 2.20. The van der Waals surface area contributed by atoms with Crippen LogP contribution in [0.4, 0.5) is 10.5 Å². The molecule has 0 saturated carbocycles. The van der Waals surface area contributed by atoms with Crippen LogP contribution < -0.4 is 10.6 Å². The standard InChI is InChI=1S/C13H14ClN3O4/c1-7-11(18)15-2-3-17(7)13(21)16-10-5-8(12(19)20)4-9(14)6-10/h4-7H,2-3H2,1H3,(H,15,18)(H,16,21)(H,19,20). The quantitative estimate of drug-likeness (QED) is 0.768. The molecule has 1 aromatic rings. The monoisotopic (exact) mass is 311 g/mol. The lowest BCUT2D eigenvalue weighted by Gasteiger charge is -2.32. The number of carboxylic acid groups (broad SMARTS) is 1. The number of nitrogens with one attached hydrogen (secondary N) is 2. The van der Waals surface area contributed by atoms with Crippen LogP contribution in [0, 0.1) is 0 Å². The fraction of sp³-hybridized carbons (Fsp3) is 0.308. The Balaban J connectivity index is 2.16. The molecule has 0 spiro atoms. The minimum Gasteiger partial charge on any atom is -0.478 e. The molecule has 1 aliphatic rings. The number of benzene rings is 1. The molecule has 7 nitrogen and oxygen atoms in total. The van der Waals surface area contributed by atoms with Gasteiger partial charge in [0.2, 0.25) is 5.91 Å². The molecule has 1 heterocycles. The molecule has 3 N–H and O–H groups in total. The first-order valence-corrected chi connectivity index (χ1v) is 6.65. The summed E-state index contributed by atoms with van der Waals surface area (Å²) in [6, 6.07) is 2.98. The van der Waals surface area contributed by atoms with E-state index in [0.717, 1.165) is 0 Å². The second kappa shape index (κ2) is 6.01. The summed E-state index contributed by atoms with van der Waals surface area (Å²) in [5.41, 5.74) is 0.241. The van der Waals surface area contributed by atoms with E-state index in [1.807, 2.05) is 0 Å². The highest BCUT2D eigenvalue weighted by molar-refractivity contribution is 6.31. The molecular formula is C13H14ClN3O4. The highest BCUT2D eigenvalue weighted by Gasteiger charge is 2.29. The number of carbonyl (C=O) groups is 3. The molecule has 2 rings (SSSR count). The maximum atomic E-state index is 12.2. The molecule has 112 valence electrons. The Morgan fingerprint density at radius 1 is 1.43 bits per heavy atom. The van der Waals surface area contributed by atoms with Crippen LogP contribution in [0.25, 0.3) is 0 Å². The summed E-state index contributed by atoms with van der Waals surface area (Å²) in [5, 5.41) is 14.4. The van der Waals surface area contributed by atoms with Gasteiger partial charge in [0.15, 0.2) is 0 Å². The van der Waals surface area contributed by atoms with Gasteiger partial charge in [0.05, 0.1) is 5.56 Å². The van der Waals surface area contributed by atoms with E-state index in [9.17, 15) is 14.4 Å². The van der Waals surface area contributed by atoms with Crippen LogP contribution in [0.5, 0.6) is 0 Å². The van der Waals surface area contributed by atoms with Crippen molar-refractivity contribution in [2.75, 3.05) is 18.4 Å². The Morgan fingerprint density at radius 2 is 2.14 bits per heavy atom. The van der Waals surface area contributed by atoms with Gasteiger partial charge in [-0.1, -0.05) is 11.6 Å². The minimum atomic E-state index is -1.14. The van der Waals surface area contributed by atoms with Crippen molar-refractivity contribution in [3.63, 3.8) is 0 Å². The summed E-state index contributed by atoms with van der Waals surface area (Å²) >= 11 is 5.82. The molecule has 1 saturated heterocycles. The van der Waals surface area contributed by atoms with Crippen molar-refractivity contribution < 1.29 is 19.5 Å². The number of hydrogen-bond donors (Lipinski definition) is 3. The van der Waals surface area contributed by atoms with Gasteiger partial charge in [-0.25, -0.2) is 9.59 Å². The number of carbonyl (C=O) groups excluding carboxylic acids is 2. The first-order chi connectivity index (χ1) is 9.88. The van der Waals surface area contributed by atoms with Gasteiger partial charge in [-0.15, -0.1) is 0 Å². The molecule has 1 aromatic carbocycles. The van der Waals surface area contributed by atoms with E-state index < -0.39 is 18.0 Å². The van der Waals surface area contributed by atoms with Gasteiger partial charge >= 0.3 is 12.0 Å². The maximum Gasteiger partial charge on any atom is 0.335 e. The van der Waals surface area contributed by atoms with Crippen LogP contribution in [-0.2, 0) is 4.79 Å². The van der Waals surface area contributed by atoms with Crippen LogP contribution in [0.2, 0.25) is 5.02 Å². The zero-order valence-electron chi connectivity index (χ0n) is 11.2. The Morgan fingerprint density at radius 3 is 2.81 bits per heavy atom. The van der Waals surface area contributed by atoms with Crippen LogP contribution >= 0.6 is 11.6 Å². The summed E-state index contributed by atoms with van der Waals surface area (Å²) < 4.78 is 0. The number of hydrogen-bond acceptors (Lipinski definition) is 3. The molecule has 8 heteroatoms. The Kier molecular flexibility index (Phi) is 4.32. The summed E-state index contributed by atoms with van der Waals surface area (Å²) in [4.78, 5) is 36.0. The van der Waals surface area contributed by atoms with Crippen LogP contribution in [-0.4, -0.2) is 47.0 Å². The fourth-order valence-electron chi connectivity index (χ4n) is 2.04. The third-order valence-electron chi connectivity index (χ3n) is 3.16. The number of aromatic carboxylic acids is 1. The average Bonchev–Trinajstić information content (AvgIpc) is 2.41. The molecule has 0 bridgehead atoms. The topological polar surface area (TPSA) is 98.7 Å². The SMILES string of the molecule is CC1C(=O)NCCN1C(=O)Nc1cc(Cl)cc(C(=O)O)c1. The molecule has 1 atom stereocenters. The van der Waals surface area contributed by atoms with E-state index in [4.69, 9.17) is 16.7 Å². The number of carboxylic acids is 1. The average molecular weight is 312 g/mol. The lowest BCUT2D eigenvalue weighted by atomic mass is 10.2. The zero-order valence-corrected chi connectivity index (χ0v) is 12.0. The summed E-state index contributed by atoms with van der Waals surface area (Å²) in [7, 11) is 0. The van der Waals surface area contributed by atoms with Crippen LogP contribution in [0.3, 0.4) is 0 Å². The maximum absolute atomic E-state index is 12.2.